The molecule has 2 aromatic carbocycles. The molecule has 4 rings (SSSR count). The molecule has 0 spiro atoms. The van der Waals surface area contributed by atoms with Gasteiger partial charge in [0.05, 0.1) is 25.3 Å². The van der Waals surface area contributed by atoms with Gasteiger partial charge in [-0.3, -0.25) is 0 Å². The molecule has 1 aromatic heterocycles. The van der Waals surface area contributed by atoms with E-state index in [1.54, 1.807) is 43.8 Å². The Bertz CT molecular complexity index is 1050. The number of hydrogen-bond donors (Lipinski definition) is 1. The molecule has 0 radical (unpaired) electrons. The van der Waals surface area contributed by atoms with Gasteiger partial charge < -0.3 is 19.7 Å². The third kappa shape index (κ3) is 3.85. The van der Waals surface area contributed by atoms with E-state index >= 15 is 0 Å². The van der Waals surface area contributed by atoms with Crippen molar-refractivity contribution in [2.45, 2.75) is 19.3 Å². The van der Waals surface area contributed by atoms with Crippen molar-refractivity contribution in [2.24, 2.45) is 5.92 Å². The van der Waals surface area contributed by atoms with Crippen LogP contribution >= 0.6 is 11.3 Å². The first kappa shape index (κ1) is 21.2. The predicted octanol–water partition coefficient (Wildman–Crippen LogP) is 4.94. The number of likely N-dealkylation sites (tertiary alicyclic amines) is 1. The highest BCUT2D eigenvalue weighted by molar-refractivity contribution is 7.09. The maximum Gasteiger partial charge on any atom is 0.322 e. The minimum Gasteiger partial charge on any atom is -0.497 e. The number of thiazole rings is 1. The second-order valence-corrected chi connectivity index (χ2v) is 8.85. The monoisotopic (exact) mass is 437 g/mol. The second-order valence-electron chi connectivity index (χ2n) is 7.95. The summed E-state index contributed by atoms with van der Waals surface area (Å²) in [6.07, 6.45) is 1.84. The minimum absolute atomic E-state index is 0.163. The molecule has 6 nitrogen and oxygen atoms in total. The number of nitrogens with zero attached hydrogens (tertiary/aromatic N) is 2. The lowest BCUT2D eigenvalue weighted by Gasteiger charge is -2.31. The molecular weight excluding hydrogens is 410 g/mol. The Hall–Kier alpha value is -3.06. The van der Waals surface area contributed by atoms with Crippen molar-refractivity contribution in [3.8, 4) is 11.5 Å². The zero-order valence-corrected chi connectivity index (χ0v) is 19.0. The Morgan fingerprint density at radius 3 is 2.61 bits per heavy atom. The van der Waals surface area contributed by atoms with E-state index in [0.717, 1.165) is 5.01 Å². The standard InChI is InChI=1S/C24H27N3O3S/c1-16-5-7-18(8-6-16)24(22-25-11-12-31-22)15-27(14-17(24)2)23(28)26-20-13-19(29-3)9-10-21(20)30-4/h5-13,17H,14-15H2,1-4H3,(H,26,28)/t17?,24-/m0/s1. The molecule has 162 valence electrons. The van der Waals surface area contributed by atoms with Gasteiger partial charge in [0.15, 0.2) is 0 Å². The predicted molar refractivity (Wildman–Crippen MR) is 123 cm³/mol. The highest BCUT2D eigenvalue weighted by Crippen LogP contribution is 2.45. The molecule has 0 bridgehead atoms. The molecule has 0 saturated carbocycles. The number of nitrogens with one attached hydrogen (secondary N) is 1. The molecule has 1 aliphatic heterocycles. The molecule has 2 heterocycles. The summed E-state index contributed by atoms with van der Waals surface area (Å²) in [5.41, 5.74) is 2.65. The molecule has 1 aliphatic rings. The number of hydrogen-bond acceptors (Lipinski definition) is 5. The van der Waals surface area contributed by atoms with Gasteiger partial charge in [0, 0.05) is 30.7 Å². The number of carbonyl (C=O) groups is 1. The number of aromatic nitrogens is 1. The van der Waals surface area contributed by atoms with Crippen LogP contribution in [0.25, 0.3) is 0 Å². The first-order valence-corrected chi connectivity index (χ1v) is 11.1. The van der Waals surface area contributed by atoms with Crippen LogP contribution in [0.2, 0.25) is 0 Å². The zero-order valence-electron chi connectivity index (χ0n) is 18.2. The number of carbonyl (C=O) groups excluding carboxylic acids is 1. The van der Waals surface area contributed by atoms with Gasteiger partial charge in [0.25, 0.3) is 0 Å². The van der Waals surface area contributed by atoms with Crippen molar-refractivity contribution in [3.05, 3.63) is 70.2 Å². The van der Waals surface area contributed by atoms with Crippen LogP contribution in [-0.2, 0) is 5.41 Å². The zero-order chi connectivity index (χ0) is 22.0. The van der Waals surface area contributed by atoms with Crippen LogP contribution in [0.1, 0.15) is 23.1 Å². The Morgan fingerprint density at radius 2 is 1.97 bits per heavy atom. The molecule has 3 aromatic rings. The summed E-state index contributed by atoms with van der Waals surface area (Å²) in [5, 5.41) is 6.05. The van der Waals surface area contributed by atoms with Crippen LogP contribution in [0.5, 0.6) is 11.5 Å². The van der Waals surface area contributed by atoms with E-state index in [4.69, 9.17) is 9.47 Å². The number of benzene rings is 2. The van der Waals surface area contributed by atoms with Crippen LogP contribution in [0.3, 0.4) is 0 Å². The Kier molecular flexibility index (Phi) is 5.87. The lowest BCUT2D eigenvalue weighted by atomic mass is 9.73. The second kappa shape index (κ2) is 8.59. The Labute approximate surface area is 186 Å². The summed E-state index contributed by atoms with van der Waals surface area (Å²) >= 11 is 1.64. The van der Waals surface area contributed by atoms with Gasteiger partial charge in [0.2, 0.25) is 0 Å². The van der Waals surface area contributed by atoms with Crippen molar-refractivity contribution >= 4 is 23.1 Å². The quantitative estimate of drug-likeness (QED) is 0.614. The van der Waals surface area contributed by atoms with Gasteiger partial charge in [-0.05, 0) is 30.5 Å². The number of ether oxygens (including phenoxy) is 2. The van der Waals surface area contributed by atoms with Crippen molar-refractivity contribution in [3.63, 3.8) is 0 Å². The lowest BCUT2D eigenvalue weighted by molar-refractivity contribution is 0.220. The third-order valence-electron chi connectivity index (χ3n) is 6.09. The largest absolute Gasteiger partial charge is 0.497 e. The van der Waals surface area contributed by atoms with Gasteiger partial charge in [-0.25, -0.2) is 9.78 Å². The molecular formula is C24H27N3O3S. The SMILES string of the molecule is COc1ccc(OC)c(NC(=O)N2CC(C)[C@@](c3ccc(C)cc3)(c3nccs3)C2)c1. The van der Waals surface area contributed by atoms with Gasteiger partial charge in [0.1, 0.15) is 16.5 Å². The summed E-state index contributed by atoms with van der Waals surface area (Å²) in [6, 6.07) is 13.8. The van der Waals surface area contributed by atoms with Crippen molar-refractivity contribution in [1.82, 2.24) is 9.88 Å². The minimum atomic E-state index is -0.336. The molecule has 31 heavy (non-hydrogen) atoms. The van der Waals surface area contributed by atoms with E-state index < -0.39 is 0 Å². The van der Waals surface area contributed by atoms with E-state index in [1.165, 1.54) is 11.1 Å². The van der Waals surface area contributed by atoms with E-state index in [1.807, 2.05) is 16.5 Å². The molecule has 2 atom stereocenters. The maximum atomic E-state index is 13.3. The van der Waals surface area contributed by atoms with Crippen molar-refractivity contribution < 1.29 is 14.3 Å². The number of amides is 2. The molecule has 0 aliphatic carbocycles. The number of urea groups is 1. The van der Waals surface area contributed by atoms with Crippen LogP contribution in [0, 0.1) is 12.8 Å². The summed E-state index contributed by atoms with van der Waals surface area (Å²) in [5.74, 6) is 1.45. The molecule has 1 unspecified atom stereocenters. The Morgan fingerprint density at radius 1 is 1.19 bits per heavy atom. The number of rotatable bonds is 5. The maximum absolute atomic E-state index is 13.3. The summed E-state index contributed by atoms with van der Waals surface area (Å²) in [6.45, 7) is 5.47. The molecule has 1 N–H and O–H groups in total. The van der Waals surface area contributed by atoms with E-state index in [2.05, 4.69) is 48.4 Å². The van der Waals surface area contributed by atoms with Gasteiger partial charge in [-0.1, -0.05) is 36.8 Å². The summed E-state index contributed by atoms with van der Waals surface area (Å²) in [4.78, 5) is 19.8. The molecule has 1 saturated heterocycles. The van der Waals surface area contributed by atoms with Crippen LogP contribution in [-0.4, -0.2) is 43.2 Å². The summed E-state index contributed by atoms with van der Waals surface area (Å²) in [7, 11) is 3.18. The highest BCUT2D eigenvalue weighted by atomic mass is 32.1. The third-order valence-corrected chi connectivity index (χ3v) is 7.04. The van der Waals surface area contributed by atoms with E-state index in [9.17, 15) is 4.79 Å². The topological polar surface area (TPSA) is 63.7 Å². The lowest BCUT2D eigenvalue weighted by Crippen LogP contribution is -2.38. The average Bonchev–Trinajstić information content (AvgIpc) is 3.43. The van der Waals surface area contributed by atoms with Gasteiger partial charge in [-0.2, -0.15) is 0 Å². The average molecular weight is 438 g/mol. The van der Waals surface area contributed by atoms with Crippen LogP contribution < -0.4 is 14.8 Å². The van der Waals surface area contributed by atoms with Gasteiger partial charge >= 0.3 is 6.03 Å². The fraction of sp³-hybridized carbons (Fsp3) is 0.333. The fourth-order valence-electron chi connectivity index (χ4n) is 4.34. The van der Waals surface area contributed by atoms with Crippen molar-refractivity contribution in [2.75, 3.05) is 32.6 Å². The number of aryl methyl sites for hydroxylation is 1. The highest BCUT2D eigenvalue weighted by Gasteiger charge is 2.50. The number of methoxy groups -OCH3 is 2. The fourth-order valence-corrected chi connectivity index (χ4v) is 5.31. The van der Waals surface area contributed by atoms with Crippen LogP contribution in [0.4, 0.5) is 10.5 Å². The Balaban J connectivity index is 1.65. The smallest absolute Gasteiger partial charge is 0.322 e. The van der Waals surface area contributed by atoms with Gasteiger partial charge in [-0.15, -0.1) is 11.3 Å². The normalized spacial score (nSPS) is 20.5. The molecule has 7 heteroatoms. The van der Waals surface area contributed by atoms with E-state index in [0.29, 0.717) is 30.3 Å². The summed E-state index contributed by atoms with van der Waals surface area (Å²) < 4.78 is 10.7. The molecule has 2 amide bonds. The first-order valence-electron chi connectivity index (χ1n) is 10.2. The van der Waals surface area contributed by atoms with E-state index in [-0.39, 0.29) is 17.4 Å². The van der Waals surface area contributed by atoms with Crippen molar-refractivity contribution in [1.29, 1.82) is 0 Å². The molecule has 1 fully saturated rings. The number of anilines is 1. The van der Waals surface area contributed by atoms with Crippen LogP contribution in [0.15, 0.2) is 54.0 Å². The first-order chi connectivity index (χ1) is 15.0.